The number of carbonyl (C=O) groups excluding carboxylic acids is 2. The molecule has 4 fully saturated rings. The summed E-state index contributed by atoms with van der Waals surface area (Å²) in [5, 5.41) is 0.614. The molecule has 1 aromatic heterocycles. The Labute approximate surface area is 277 Å². The van der Waals surface area contributed by atoms with Crippen LogP contribution in [0.25, 0.3) is 22.2 Å². The van der Waals surface area contributed by atoms with Crippen molar-refractivity contribution in [2.24, 2.45) is 5.41 Å². The Kier molecular flexibility index (Phi) is 7.30. The van der Waals surface area contributed by atoms with Crippen LogP contribution in [-0.2, 0) is 21.4 Å². The van der Waals surface area contributed by atoms with Crippen LogP contribution in [0.1, 0.15) is 98.5 Å². The molecule has 2 aromatic carbocycles. The monoisotopic (exact) mass is 658 g/mol. The number of ether oxygens (including phenoxy) is 1. The second-order valence-electron chi connectivity index (χ2n) is 15.0. The number of benzene rings is 2. The van der Waals surface area contributed by atoms with Gasteiger partial charge in [-0.25, -0.2) is 13.1 Å². The normalized spacial score (nSPS) is 27.8. The molecule has 2 amide bonds. The molecule has 1 saturated heterocycles. The Morgan fingerprint density at radius 2 is 1.68 bits per heavy atom. The molecule has 1 N–H and O–H groups in total. The van der Waals surface area contributed by atoms with E-state index in [0.29, 0.717) is 44.0 Å². The molecule has 3 saturated carbocycles. The van der Waals surface area contributed by atoms with Crippen LogP contribution >= 0.6 is 0 Å². The zero-order chi connectivity index (χ0) is 32.8. The highest BCUT2D eigenvalue weighted by Gasteiger charge is 2.64. The molecule has 3 aromatic rings. The average Bonchev–Trinajstić information content (AvgIpc) is 3.99. The number of rotatable bonds is 6. The van der Waals surface area contributed by atoms with Crippen molar-refractivity contribution in [3.8, 4) is 17.0 Å². The van der Waals surface area contributed by atoms with Crippen molar-refractivity contribution < 1.29 is 22.7 Å². The highest BCUT2D eigenvalue weighted by atomic mass is 32.2. The fourth-order valence-electron chi connectivity index (χ4n) is 8.96. The van der Waals surface area contributed by atoms with Crippen LogP contribution in [0.5, 0.6) is 5.75 Å². The Hall–Kier alpha value is -3.37. The van der Waals surface area contributed by atoms with E-state index in [2.05, 4.69) is 52.1 Å². The number of carbonyl (C=O) groups is 2. The number of aromatic nitrogens is 1. The maximum absolute atomic E-state index is 14.8. The predicted octanol–water partition coefficient (Wildman–Crippen LogP) is 5.62. The molecule has 2 unspecified atom stereocenters. The number of hydrogen-bond donors (Lipinski definition) is 1. The van der Waals surface area contributed by atoms with Crippen LogP contribution < -0.4 is 9.46 Å². The fraction of sp³-hybridized carbons (Fsp3) is 0.568. The lowest BCUT2D eigenvalue weighted by molar-refractivity contribution is -0.141. The summed E-state index contributed by atoms with van der Waals surface area (Å²) in [6.07, 6.45) is 7.73. The van der Waals surface area contributed by atoms with Gasteiger partial charge in [0, 0.05) is 59.7 Å². The summed E-state index contributed by atoms with van der Waals surface area (Å²) in [5.41, 5.74) is 5.37. The summed E-state index contributed by atoms with van der Waals surface area (Å²) in [5.74, 6) is 0.838. The van der Waals surface area contributed by atoms with Gasteiger partial charge in [-0.2, -0.15) is 0 Å². The molecule has 3 heterocycles. The third kappa shape index (κ3) is 5.00. The fourth-order valence-corrected chi connectivity index (χ4v) is 10.3. The van der Waals surface area contributed by atoms with Gasteiger partial charge in [0.2, 0.25) is 15.9 Å². The van der Waals surface area contributed by atoms with Crippen molar-refractivity contribution in [3.05, 3.63) is 53.1 Å². The molecule has 47 heavy (non-hydrogen) atoms. The average molecular weight is 659 g/mol. The number of hydrogen-bond acceptors (Lipinski definition) is 6. The van der Waals surface area contributed by atoms with Gasteiger partial charge in [-0.05, 0) is 100 Å². The van der Waals surface area contributed by atoms with Gasteiger partial charge < -0.3 is 14.2 Å². The van der Waals surface area contributed by atoms with Gasteiger partial charge in [0.15, 0.2) is 0 Å². The molecule has 3 aliphatic carbocycles. The van der Waals surface area contributed by atoms with E-state index in [0.717, 1.165) is 47.2 Å². The number of likely N-dealkylation sites (N-methyl/N-ethyl adjacent to an activating group) is 1. The first-order valence-corrected chi connectivity index (χ1v) is 19.0. The number of nitrogens with zero attached hydrogens (tertiary/aromatic N) is 3. The first-order valence-electron chi connectivity index (χ1n) is 17.4. The molecule has 10 heteroatoms. The quantitative estimate of drug-likeness (QED) is 0.369. The van der Waals surface area contributed by atoms with Crippen LogP contribution in [0.3, 0.4) is 0 Å². The third-order valence-electron chi connectivity index (χ3n) is 12.1. The number of sulfonamides is 1. The van der Waals surface area contributed by atoms with E-state index in [4.69, 9.17) is 4.74 Å². The molecule has 9 nitrogen and oxygen atoms in total. The molecule has 5 aliphatic rings. The smallest absolute Gasteiger partial charge is 0.264 e. The maximum atomic E-state index is 14.8. The summed E-state index contributed by atoms with van der Waals surface area (Å²) in [6.45, 7) is 6.30. The number of fused-ring (bicyclic) bond motifs is 7. The summed E-state index contributed by atoms with van der Waals surface area (Å²) < 4.78 is 35.8. The summed E-state index contributed by atoms with van der Waals surface area (Å²) in [6, 6.07) is 12.5. The Morgan fingerprint density at radius 3 is 2.36 bits per heavy atom. The minimum Gasteiger partial charge on any atom is -0.497 e. The Morgan fingerprint density at radius 1 is 0.957 bits per heavy atom. The van der Waals surface area contributed by atoms with Crippen molar-refractivity contribution in [1.82, 2.24) is 19.1 Å². The third-order valence-corrected chi connectivity index (χ3v) is 13.9. The molecule has 250 valence electrons. The second kappa shape index (κ2) is 11.1. The minimum atomic E-state index is -3.69. The molecule has 4 atom stereocenters. The predicted molar refractivity (Wildman–Crippen MR) is 182 cm³/mol. The van der Waals surface area contributed by atoms with Crippen LogP contribution in [0.15, 0.2) is 36.4 Å². The molecular formula is C37H46N4O5S. The Bertz CT molecular complexity index is 1880. The van der Waals surface area contributed by atoms with E-state index in [9.17, 15) is 18.0 Å². The molecule has 0 spiro atoms. The van der Waals surface area contributed by atoms with Gasteiger partial charge in [0.1, 0.15) is 5.75 Å². The van der Waals surface area contributed by atoms with E-state index in [1.165, 1.54) is 30.4 Å². The van der Waals surface area contributed by atoms with E-state index in [1.807, 2.05) is 18.2 Å². The lowest BCUT2D eigenvalue weighted by Gasteiger charge is -2.43. The van der Waals surface area contributed by atoms with Crippen molar-refractivity contribution >= 4 is 32.7 Å². The highest BCUT2D eigenvalue weighted by molar-refractivity contribution is 7.91. The van der Waals surface area contributed by atoms with Crippen molar-refractivity contribution in [1.29, 1.82) is 0 Å². The number of methoxy groups -OCH3 is 1. The summed E-state index contributed by atoms with van der Waals surface area (Å²) in [7, 11) is 0.139. The largest absolute Gasteiger partial charge is 0.497 e. The number of piperazine rings is 1. The van der Waals surface area contributed by atoms with Gasteiger partial charge in [0.25, 0.3) is 5.91 Å². The highest BCUT2D eigenvalue weighted by Crippen LogP contribution is 2.66. The van der Waals surface area contributed by atoms with E-state index in [-0.39, 0.29) is 23.9 Å². The van der Waals surface area contributed by atoms with Crippen LogP contribution in [0.2, 0.25) is 0 Å². The number of amides is 2. The lowest BCUT2D eigenvalue weighted by Crippen LogP contribution is -2.58. The zero-order valence-corrected chi connectivity index (χ0v) is 28.7. The van der Waals surface area contributed by atoms with Crippen LogP contribution in [0.4, 0.5) is 0 Å². The zero-order valence-electron chi connectivity index (χ0n) is 27.9. The second-order valence-corrected chi connectivity index (χ2v) is 17.0. The minimum absolute atomic E-state index is 0.0645. The van der Waals surface area contributed by atoms with Gasteiger partial charge in [-0.15, -0.1) is 0 Å². The topological polar surface area (TPSA) is 101 Å². The summed E-state index contributed by atoms with van der Waals surface area (Å²) in [4.78, 5) is 32.7. The first kappa shape index (κ1) is 30.9. The van der Waals surface area contributed by atoms with Gasteiger partial charge in [0.05, 0.1) is 23.5 Å². The maximum Gasteiger partial charge on any atom is 0.264 e. The Balaban J connectivity index is 1.30. The van der Waals surface area contributed by atoms with Crippen molar-refractivity contribution in [3.63, 3.8) is 0 Å². The van der Waals surface area contributed by atoms with Crippen molar-refractivity contribution in [2.75, 3.05) is 27.2 Å². The van der Waals surface area contributed by atoms with E-state index >= 15 is 0 Å². The molecule has 0 radical (unpaired) electrons. The lowest BCUT2D eigenvalue weighted by atomic mass is 9.81. The van der Waals surface area contributed by atoms with Gasteiger partial charge >= 0.3 is 0 Å². The summed E-state index contributed by atoms with van der Waals surface area (Å²) >= 11 is 0. The standard InChI is InChI=1S/C37H46N4O5S/c1-22-19-40(20-23(2)39(22)3)36(43)37-18-31(37)30-17-26(46-4)11-15-28(30)34-33(24-8-6-5-7-9-24)29-14-10-25(16-32(29)41(34)21-37)35(42)38-47(44,45)27-12-13-27/h10-11,14-17,22-24,27,31H,5-9,12-13,18-21H2,1-4H3,(H,38,42)/t22-,23+,31?,37?. The van der Waals surface area contributed by atoms with Gasteiger partial charge in [-0.1, -0.05) is 25.3 Å². The van der Waals surface area contributed by atoms with Gasteiger partial charge in [-0.3, -0.25) is 14.5 Å². The first-order chi connectivity index (χ1) is 22.5. The van der Waals surface area contributed by atoms with E-state index < -0.39 is 26.6 Å². The molecule has 2 aliphatic heterocycles. The van der Waals surface area contributed by atoms with Crippen molar-refractivity contribution in [2.45, 2.75) is 101 Å². The molecule has 8 rings (SSSR count). The molecular weight excluding hydrogens is 612 g/mol. The molecule has 0 bridgehead atoms. The number of nitrogens with one attached hydrogen (secondary N) is 1. The SMILES string of the molecule is COc1ccc2c(c1)C1CC1(C(=O)N1C[C@@H](C)N(C)[C@@H](C)C1)Cn1c-2c(C2CCCCC2)c2ccc(C(=O)NS(=O)(=O)C3CC3)cc21. The van der Waals surface area contributed by atoms with Crippen LogP contribution in [-0.4, -0.2) is 79.2 Å². The van der Waals surface area contributed by atoms with Crippen LogP contribution in [0, 0.1) is 5.41 Å². The van der Waals surface area contributed by atoms with E-state index in [1.54, 1.807) is 13.2 Å².